The predicted molar refractivity (Wildman–Crippen MR) is 105 cm³/mol. The Morgan fingerprint density at radius 1 is 1.21 bits per heavy atom. The van der Waals surface area contributed by atoms with E-state index in [9.17, 15) is 18.0 Å². The fourth-order valence-electron chi connectivity index (χ4n) is 2.72. The summed E-state index contributed by atoms with van der Waals surface area (Å²) < 4.78 is 39.1. The quantitative estimate of drug-likeness (QED) is 0.580. The molecule has 3 rings (SSSR count). The van der Waals surface area contributed by atoms with Crippen molar-refractivity contribution in [1.82, 2.24) is 9.97 Å². The van der Waals surface area contributed by atoms with Gasteiger partial charge in [0.15, 0.2) is 0 Å². The summed E-state index contributed by atoms with van der Waals surface area (Å²) in [6.07, 6.45) is -0.493. The highest BCUT2D eigenvalue weighted by Gasteiger charge is 2.32. The second-order valence-corrected chi connectivity index (χ2v) is 7.07. The van der Waals surface area contributed by atoms with Crippen LogP contribution in [0.5, 0.6) is 0 Å². The predicted octanol–water partition coefficient (Wildman–Crippen LogP) is 5.05. The zero-order valence-corrected chi connectivity index (χ0v) is 15.9. The molecule has 1 amide bonds. The Hall–Kier alpha value is -2.81. The molecule has 0 saturated carbocycles. The van der Waals surface area contributed by atoms with Gasteiger partial charge in [-0.15, -0.1) is 11.8 Å². The molecule has 0 saturated heterocycles. The summed E-state index contributed by atoms with van der Waals surface area (Å²) >= 11 is 1.49. The van der Waals surface area contributed by atoms with Crippen LogP contribution in [0.25, 0.3) is 10.8 Å². The van der Waals surface area contributed by atoms with E-state index in [0.29, 0.717) is 5.56 Å². The molecule has 0 unspecified atom stereocenters. The number of amides is 1. The number of benzene rings is 1. The Morgan fingerprint density at radius 3 is 2.68 bits per heavy atom. The third-order valence-corrected chi connectivity index (χ3v) is 5.02. The largest absolute Gasteiger partial charge is 0.417 e. The van der Waals surface area contributed by atoms with E-state index in [-0.39, 0.29) is 11.5 Å². The number of rotatable bonds is 5. The van der Waals surface area contributed by atoms with E-state index < -0.39 is 17.6 Å². The first-order valence-corrected chi connectivity index (χ1v) is 9.39. The zero-order valence-electron chi connectivity index (χ0n) is 15.1. The van der Waals surface area contributed by atoms with Crippen molar-refractivity contribution in [2.45, 2.75) is 18.0 Å². The zero-order chi connectivity index (χ0) is 20.3. The lowest BCUT2D eigenvalue weighted by atomic mass is 10.1. The summed E-state index contributed by atoms with van der Waals surface area (Å²) in [5, 5.41) is 7.00. The summed E-state index contributed by atoms with van der Waals surface area (Å²) in [5.41, 5.74) is -0.593. The molecule has 0 bridgehead atoms. The highest BCUT2D eigenvalue weighted by Crippen LogP contribution is 2.34. The number of hydrogen-bond acceptors (Lipinski definition) is 5. The molecule has 1 aromatic carbocycles. The van der Waals surface area contributed by atoms with Crippen LogP contribution >= 0.6 is 11.8 Å². The fraction of sp³-hybridized carbons (Fsp3) is 0.211. The lowest BCUT2D eigenvalue weighted by Gasteiger charge is -2.15. The van der Waals surface area contributed by atoms with E-state index in [0.717, 1.165) is 33.7 Å². The van der Waals surface area contributed by atoms with Crippen molar-refractivity contribution in [3.8, 4) is 0 Å². The third-order valence-electron chi connectivity index (χ3n) is 4.00. The highest BCUT2D eigenvalue weighted by atomic mass is 32.2. The summed E-state index contributed by atoms with van der Waals surface area (Å²) in [5.74, 6) is 0.373. The maximum absolute atomic E-state index is 13.0. The van der Waals surface area contributed by atoms with Crippen LogP contribution in [0.1, 0.15) is 22.8 Å². The van der Waals surface area contributed by atoms with Gasteiger partial charge < -0.3 is 10.6 Å². The first-order chi connectivity index (χ1) is 13.3. The molecular weight excluding hydrogens is 389 g/mol. The number of carbonyl (C=O) groups is 1. The smallest absolute Gasteiger partial charge is 0.371 e. The van der Waals surface area contributed by atoms with Gasteiger partial charge in [0.1, 0.15) is 5.82 Å². The molecule has 5 nitrogen and oxygen atoms in total. The number of nitrogens with one attached hydrogen (secondary N) is 2. The van der Waals surface area contributed by atoms with Gasteiger partial charge in [-0.05, 0) is 29.3 Å². The van der Waals surface area contributed by atoms with E-state index in [1.165, 1.54) is 18.8 Å². The molecule has 28 heavy (non-hydrogen) atoms. The molecule has 3 aromatic rings. The number of hydrogen-bond donors (Lipinski definition) is 2. The Morgan fingerprint density at radius 2 is 2.00 bits per heavy atom. The molecule has 9 heteroatoms. The average Bonchev–Trinajstić information content (AvgIpc) is 2.67. The lowest BCUT2D eigenvalue weighted by Crippen LogP contribution is -2.16. The Kier molecular flexibility index (Phi) is 5.73. The molecule has 2 aromatic heterocycles. The van der Waals surface area contributed by atoms with Gasteiger partial charge in [0.2, 0.25) is 0 Å². The van der Waals surface area contributed by atoms with Crippen molar-refractivity contribution in [1.29, 1.82) is 0 Å². The summed E-state index contributed by atoms with van der Waals surface area (Å²) in [6.45, 7) is 1.96. The number of pyridine rings is 2. The van der Waals surface area contributed by atoms with E-state index >= 15 is 0 Å². The monoisotopic (exact) mass is 406 g/mol. The standard InChI is InChI=1S/C19H17F3N4OS/c1-3-28-16-13-6-7-24-9-11(13)4-5-14(16)18(27)26-15-8-12(19(20,21)22)10-25-17(15)23-2/h4-10H,3H2,1-2H3,(H,23,25)(H,26,27). The summed E-state index contributed by atoms with van der Waals surface area (Å²) in [6, 6.07) is 6.10. The maximum atomic E-state index is 13.0. The topological polar surface area (TPSA) is 66.9 Å². The van der Waals surface area contributed by atoms with Crippen molar-refractivity contribution in [3.63, 3.8) is 0 Å². The minimum absolute atomic E-state index is 0.0374. The molecule has 0 aliphatic carbocycles. The van der Waals surface area contributed by atoms with Crippen LogP contribution in [0.3, 0.4) is 0 Å². The Labute approximate surface area is 163 Å². The number of nitrogens with zero attached hydrogens (tertiary/aromatic N) is 2. The van der Waals surface area contributed by atoms with E-state index in [2.05, 4.69) is 20.6 Å². The number of carbonyl (C=O) groups excluding carboxylic acids is 1. The summed E-state index contributed by atoms with van der Waals surface area (Å²) in [4.78, 5) is 21.5. The van der Waals surface area contributed by atoms with Crippen molar-refractivity contribution >= 4 is 39.9 Å². The number of thioether (sulfide) groups is 1. The summed E-state index contributed by atoms with van der Waals surface area (Å²) in [7, 11) is 1.52. The Balaban J connectivity index is 2.03. The molecule has 146 valence electrons. The number of anilines is 2. The van der Waals surface area contributed by atoms with E-state index in [4.69, 9.17) is 0 Å². The maximum Gasteiger partial charge on any atom is 0.417 e. The van der Waals surface area contributed by atoms with Crippen LogP contribution in [0.15, 0.2) is 47.8 Å². The van der Waals surface area contributed by atoms with E-state index in [1.54, 1.807) is 24.5 Å². The Bertz CT molecular complexity index is 1020. The van der Waals surface area contributed by atoms with Crippen molar-refractivity contribution < 1.29 is 18.0 Å². The SMILES string of the molecule is CCSc1c(C(=O)Nc2cc(C(F)(F)F)cnc2NC)ccc2cnccc12. The molecule has 0 aliphatic rings. The molecule has 0 atom stereocenters. The first-order valence-electron chi connectivity index (χ1n) is 8.41. The van der Waals surface area contributed by atoms with Gasteiger partial charge in [-0.25, -0.2) is 4.98 Å². The molecule has 0 aliphatic heterocycles. The van der Waals surface area contributed by atoms with Crippen LogP contribution in [-0.2, 0) is 6.18 Å². The van der Waals surface area contributed by atoms with Gasteiger partial charge in [0.05, 0.1) is 16.8 Å². The lowest BCUT2D eigenvalue weighted by molar-refractivity contribution is -0.137. The highest BCUT2D eigenvalue weighted by molar-refractivity contribution is 7.99. The van der Waals surface area contributed by atoms with Crippen molar-refractivity contribution in [2.24, 2.45) is 0 Å². The van der Waals surface area contributed by atoms with Crippen LogP contribution in [0.2, 0.25) is 0 Å². The normalized spacial score (nSPS) is 11.5. The van der Waals surface area contributed by atoms with Gasteiger partial charge in [-0.3, -0.25) is 9.78 Å². The van der Waals surface area contributed by atoms with Gasteiger partial charge >= 0.3 is 6.18 Å². The minimum Gasteiger partial charge on any atom is -0.371 e. The van der Waals surface area contributed by atoms with Gasteiger partial charge in [0, 0.05) is 35.9 Å². The molecule has 0 fully saturated rings. The van der Waals surface area contributed by atoms with Crippen LogP contribution < -0.4 is 10.6 Å². The second kappa shape index (κ2) is 8.05. The van der Waals surface area contributed by atoms with Crippen LogP contribution in [0, 0.1) is 0 Å². The minimum atomic E-state index is -4.56. The molecule has 0 radical (unpaired) electrons. The fourth-order valence-corrected chi connectivity index (χ4v) is 3.67. The van der Waals surface area contributed by atoms with Crippen molar-refractivity contribution in [3.05, 3.63) is 54.0 Å². The van der Waals surface area contributed by atoms with Gasteiger partial charge in [0.25, 0.3) is 5.91 Å². The van der Waals surface area contributed by atoms with Crippen LogP contribution in [0.4, 0.5) is 24.7 Å². The number of alkyl halides is 3. The average molecular weight is 406 g/mol. The number of aromatic nitrogens is 2. The number of fused-ring (bicyclic) bond motifs is 1. The third kappa shape index (κ3) is 4.04. The molecular formula is C19H17F3N4OS. The molecule has 0 spiro atoms. The van der Waals surface area contributed by atoms with Gasteiger partial charge in [-0.2, -0.15) is 13.2 Å². The van der Waals surface area contributed by atoms with E-state index in [1.807, 2.05) is 13.0 Å². The van der Waals surface area contributed by atoms with Gasteiger partial charge in [-0.1, -0.05) is 13.0 Å². The second-order valence-electron chi connectivity index (χ2n) is 5.79. The molecule has 2 heterocycles. The van der Waals surface area contributed by atoms with Crippen molar-refractivity contribution in [2.75, 3.05) is 23.4 Å². The first kappa shape index (κ1) is 19.9. The molecule has 2 N–H and O–H groups in total. The number of halogens is 3. The van der Waals surface area contributed by atoms with Crippen LogP contribution in [-0.4, -0.2) is 28.7 Å².